The van der Waals surface area contributed by atoms with Crippen LogP contribution in [0.2, 0.25) is 0 Å². The lowest BCUT2D eigenvalue weighted by Gasteiger charge is -2.10. The van der Waals surface area contributed by atoms with Gasteiger partial charge in [-0.05, 0) is 41.4 Å². The molecule has 0 spiro atoms. The Hall–Kier alpha value is -1.49. The van der Waals surface area contributed by atoms with Gasteiger partial charge >= 0.3 is 0 Å². The van der Waals surface area contributed by atoms with Crippen molar-refractivity contribution in [1.82, 2.24) is 14.5 Å². The maximum atomic E-state index is 12.0. The van der Waals surface area contributed by atoms with Gasteiger partial charge in [-0.1, -0.05) is 6.07 Å². The topological polar surface area (TPSA) is 47.8 Å². The molecule has 2 aromatic rings. The third-order valence-electron chi connectivity index (χ3n) is 2.63. The van der Waals surface area contributed by atoms with E-state index in [1.807, 2.05) is 26.0 Å². The molecule has 0 aliphatic carbocycles. The zero-order valence-electron chi connectivity index (χ0n) is 9.64. The number of hydrogen-bond acceptors (Lipinski definition) is 3. The summed E-state index contributed by atoms with van der Waals surface area (Å²) >= 11 is 3.20. The number of halogens is 1. The summed E-state index contributed by atoms with van der Waals surface area (Å²) in [5.74, 6) is 0.684. The van der Waals surface area contributed by atoms with Crippen LogP contribution in [0.25, 0.3) is 0 Å². The monoisotopic (exact) mass is 293 g/mol. The molecule has 0 saturated carbocycles. The van der Waals surface area contributed by atoms with Gasteiger partial charge in [-0.15, -0.1) is 0 Å². The van der Waals surface area contributed by atoms with Gasteiger partial charge in [0.1, 0.15) is 10.3 Å². The summed E-state index contributed by atoms with van der Waals surface area (Å²) in [6, 6.07) is 3.86. The highest BCUT2D eigenvalue weighted by Crippen LogP contribution is 2.07. The minimum Gasteiger partial charge on any atom is -0.290 e. The van der Waals surface area contributed by atoms with Crippen molar-refractivity contribution in [1.29, 1.82) is 0 Å². The maximum Gasteiger partial charge on any atom is 0.268 e. The van der Waals surface area contributed by atoms with E-state index < -0.39 is 0 Å². The Morgan fingerprint density at radius 1 is 1.35 bits per heavy atom. The molecule has 0 saturated heterocycles. The van der Waals surface area contributed by atoms with Gasteiger partial charge in [0, 0.05) is 12.4 Å². The largest absolute Gasteiger partial charge is 0.290 e. The van der Waals surface area contributed by atoms with Crippen molar-refractivity contribution in [3.05, 3.63) is 56.4 Å². The Labute approximate surface area is 107 Å². The average Bonchev–Trinajstić information content (AvgIpc) is 2.32. The number of pyridine rings is 1. The van der Waals surface area contributed by atoms with Gasteiger partial charge in [-0.25, -0.2) is 4.98 Å². The van der Waals surface area contributed by atoms with E-state index in [0.29, 0.717) is 16.8 Å². The minimum atomic E-state index is -0.0810. The van der Waals surface area contributed by atoms with Gasteiger partial charge in [-0.2, -0.15) is 0 Å². The molecule has 2 rings (SSSR count). The molecule has 0 aliphatic rings. The minimum absolute atomic E-state index is 0.0810. The molecule has 0 aliphatic heterocycles. The van der Waals surface area contributed by atoms with Gasteiger partial charge in [0.05, 0.1) is 12.2 Å². The van der Waals surface area contributed by atoms with Gasteiger partial charge in [0.25, 0.3) is 5.56 Å². The lowest BCUT2D eigenvalue weighted by atomic mass is 10.2. The first-order chi connectivity index (χ1) is 8.09. The lowest BCUT2D eigenvalue weighted by molar-refractivity contribution is 0.678. The van der Waals surface area contributed by atoms with E-state index in [1.54, 1.807) is 10.8 Å². The summed E-state index contributed by atoms with van der Waals surface area (Å²) in [5, 5.41) is 0. The third-order valence-corrected chi connectivity index (χ3v) is 3.17. The van der Waals surface area contributed by atoms with Crippen LogP contribution in [0.1, 0.15) is 17.1 Å². The van der Waals surface area contributed by atoms with Crippen molar-refractivity contribution in [3.8, 4) is 0 Å². The molecule has 0 bridgehead atoms. The SMILES string of the molecule is Cc1cccnc1Cn1c(C)ncc(Br)c1=O. The molecule has 4 nitrogen and oxygen atoms in total. The highest BCUT2D eigenvalue weighted by atomic mass is 79.9. The van der Waals surface area contributed by atoms with Crippen LogP contribution in [-0.4, -0.2) is 14.5 Å². The van der Waals surface area contributed by atoms with Crippen molar-refractivity contribution in [2.45, 2.75) is 20.4 Å². The predicted octanol–water partition coefficient (Wildman–Crippen LogP) is 2.07. The van der Waals surface area contributed by atoms with Gasteiger partial charge in [-0.3, -0.25) is 14.3 Å². The number of aromatic nitrogens is 3. The lowest BCUT2D eigenvalue weighted by Crippen LogP contribution is -2.25. The van der Waals surface area contributed by atoms with E-state index >= 15 is 0 Å². The molecule has 0 amide bonds. The molecule has 5 heteroatoms. The second-order valence-corrected chi connectivity index (χ2v) is 4.67. The fraction of sp³-hybridized carbons (Fsp3) is 0.250. The molecular weight excluding hydrogens is 282 g/mol. The zero-order chi connectivity index (χ0) is 12.4. The van der Waals surface area contributed by atoms with E-state index in [1.165, 1.54) is 6.20 Å². The smallest absolute Gasteiger partial charge is 0.268 e. The van der Waals surface area contributed by atoms with E-state index in [2.05, 4.69) is 25.9 Å². The molecule has 0 N–H and O–H groups in total. The molecule has 2 heterocycles. The van der Waals surface area contributed by atoms with Crippen LogP contribution in [0.4, 0.5) is 0 Å². The molecule has 0 fully saturated rings. The van der Waals surface area contributed by atoms with Crippen LogP contribution in [0.15, 0.2) is 33.8 Å². The molecule has 88 valence electrons. The third kappa shape index (κ3) is 2.44. The molecule has 0 radical (unpaired) electrons. The highest BCUT2D eigenvalue weighted by molar-refractivity contribution is 9.10. The van der Waals surface area contributed by atoms with Gasteiger partial charge in [0.15, 0.2) is 0 Å². The first-order valence-corrected chi connectivity index (χ1v) is 6.01. The Morgan fingerprint density at radius 3 is 2.82 bits per heavy atom. The Bertz CT molecular complexity index is 607. The van der Waals surface area contributed by atoms with Crippen LogP contribution in [0.5, 0.6) is 0 Å². The predicted molar refractivity (Wildman–Crippen MR) is 69.0 cm³/mol. The van der Waals surface area contributed by atoms with Crippen molar-refractivity contribution in [3.63, 3.8) is 0 Å². The van der Waals surface area contributed by atoms with Crippen LogP contribution in [0, 0.1) is 13.8 Å². The summed E-state index contributed by atoms with van der Waals surface area (Å²) in [4.78, 5) is 20.4. The quantitative estimate of drug-likeness (QED) is 0.852. The standard InChI is InChI=1S/C12H12BrN3O/c1-8-4-3-5-14-11(8)7-16-9(2)15-6-10(13)12(16)17/h3-6H,7H2,1-2H3. The summed E-state index contributed by atoms with van der Waals surface area (Å²) in [7, 11) is 0. The average molecular weight is 294 g/mol. The molecular formula is C12H12BrN3O. The van der Waals surface area contributed by atoms with Crippen molar-refractivity contribution in [2.75, 3.05) is 0 Å². The molecule has 0 unspecified atom stereocenters. The van der Waals surface area contributed by atoms with Crippen LogP contribution in [-0.2, 0) is 6.54 Å². The fourth-order valence-electron chi connectivity index (χ4n) is 1.57. The van der Waals surface area contributed by atoms with E-state index in [-0.39, 0.29) is 5.56 Å². The Balaban J connectivity index is 2.47. The summed E-state index contributed by atoms with van der Waals surface area (Å²) < 4.78 is 2.08. The summed E-state index contributed by atoms with van der Waals surface area (Å²) in [6.45, 7) is 4.24. The molecule has 2 aromatic heterocycles. The number of hydrogen-bond donors (Lipinski definition) is 0. The van der Waals surface area contributed by atoms with Crippen LogP contribution in [0.3, 0.4) is 0 Å². The second-order valence-electron chi connectivity index (χ2n) is 3.81. The highest BCUT2D eigenvalue weighted by Gasteiger charge is 2.08. The summed E-state index contributed by atoms with van der Waals surface area (Å²) in [5.41, 5.74) is 1.87. The molecule has 0 aromatic carbocycles. The van der Waals surface area contributed by atoms with Crippen LogP contribution >= 0.6 is 15.9 Å². The number of nitrogens with zero attached hydrogens (tertiary/aromatic N) is 3. The van der Waals surface area contributed by atoms with Crippen molar-refractivity contribution in [2.24, 2.45) is 0 Å². The molecule has 0 atom stereocenters. The maximum absolute atomic E-state index is 12.0. The van der Waals surface area contributed by atoms with Gasteiger partial charge in [0.2, 0.25) is 0 Å². The van der Waals surface area contributed by atoms with E-state index in [0.717, 1.165) is 11.3 Å². The summed E-state index contributed by atoms with van der Waals surface area (Å²) in [6.07, 6.45) is 3.26. The first kappa shape index (κ1) is 12.0. The Morgan fingerprint density at radius 2 is 2.12 bits per heavy atom. The Kier molecular flexibility index (Phi) is 3.38. The van der Waals surface area contributed by atoms with E-state index in [4.69, 9.17) is 0 Å². The second kappa shape index (κ2) is 4.79. The fourth-order valence-corrected chi connectivity index (χ4v) is 1.89. The first-order valence-electron chi connectivity index (χ1n) is 5.22. The number of aryl methyl sites for hydroxylation is 2. The molecule has 17 heavy (non-hydrogen) atoms. The van der Waals surface area contributed by atoms with Gasteiger partial charge < -0.3 is 0 Å². The van der Waals surface area contributed by atoms with Crippen molar-refractivity contribution >= 4 is 15.9 Å². The van der Waals surface area contributed by atoms with E-state index in [9.17, 15) is 4.79 Å². The normalized spacial score (nSPS) is 10.5. The van der Waals surface area contributed by atoms with Crippen molar-refractivity contribution < 1.29 is 0 Å². The zero-order valence-corrected chi connectivity index (χ0v) is 11.2. The number of rotatable bonds is 2. The van der Waals surface area contributed by atoms with Crippen LogP contribution < -0.4 is 5.56 Å².